The van der Waals surface area contributed by atoms with Crippen molar-refractivity contribution in [1.29, 1.82) is 0 Å². The van der Waals surface area contributed by atoms with Gasteiger partial charge in [0.05, 0.1) is 34.3 Å². The van der Waals surface area contributed by atoms with Crippen LogP contribution in [0.15, 0.2) is 44.2 Å². The molecule has 2 N–H and O–H groups in total. The van der Waals surface area contributed by atoms with E-state index in [2.05, 4.69) is 0 Å². The Morgan fingerprint density at radius 1 is 1.29 bits per heavy atom. The van der Waals surface area contributed by atoms with Crippen LogP contribution in [0, 0.1) is 0 Å². The maximum absolute atomic E-state index is 11.5. The summed E-state index contributed by atoms with van der Waals surface area (Å²) in [5, 5.41) is 22.3. The molecule has 4 rings (SSSR count). The van der Waals surface area contributed by atoms with Gasteiger partial charge in [-0.15, -0.1) is 0 Å². The number of aliphatic hydroxyl groups excluding tert-OH is 1. The first-order valence-corrected chi connectivity index (χ1v) is 9.32. The van der Waals surface area contributed by atoms with Gasteiger partial charge in [-0.25, -0.2) is 4.79 Å². The molecule has 0 amide bonds. The van der Waals surface area contributed by atoms with Crippen LogP contribution in [0.25, 0.3) is 21.9 Å². The van der Waals surface area contributed by atoms with Crippen molar-refractivity contribution in [2.24, 2.45) is 0 Å². The molecule has 3 aromatic rings. The van der Waals surface area contributed by atoms with E-state index in [4.69, 9.17) is 18.3 Å². The van der Waals surface area contributed by atoms with Gasteiger partial charge in [0.25, 0.3) is 0 Å². The van der Waals surface area contributed by atoms with Crippen molar-refractivity contribution in [3.05, 3.63) is 40.9 Å². The zero-order valence-electron chi connectivity index (χ0n) is 16.1. The van der Waals surface area contributed by atoms with Crippen LogP contribution in [-0.2, 0) is 4.74 Å². The van der Waals surface area contributed by atoms with E-state index in [1.54, 1.807) is 32.0 Å². The zero-order valence-corrected chi connectivity index (χ0v) is 16.1. The molecule has 7 nitrogen and oxygen atoms in total. The second kappa shape index (κ2) is 6.62. The van der Waals surface area contributed by atoms with E-state index in [9.17, 15) is 15.0 Å². The molecule has 28 heavy (non-hydrogen) atoms. The molecule has 1 aliphatic heterocycles. The van der Waals surface area contributed by atoms with E-state index >= 15 is 0 Å². The van der Waals surface area contributed by atoms with Gasteiger partial charge in [-0.05, 0) is 45.7 Å². The molecule has 3 heterocycles. The predicted molar refractivity (Wildman–Crippen MR) is 103 cm³/mol. The van der Waals surface area contributed by atoms with Gasteiger partial charge in [0.15, 0.2) is 0 Å². The highest BCUT2D eigenvalue weighted by atomic mass is 16.6. The van der Waals surface area contributed by atoms with Crippen LogP contribution in [0.1, 0.15) is 33.6 Å². The minimum atomic E-state index is -0.978. The molecular formula is C21H24O7. The fourth-order valence-electron chi connectivity index (χ4n) is 3.71. The van der Waals surface area contributed by atoms with Gasteiger partial charge in [-0.1, -0.05) is 0 Å². The fraction of sp³-hybridized carbons (Fsp3) is 0.476. The molecule has 0 saturated carbocycles. The molecule has 2 aromatic heterocycles. The van der Waals surface area contributed by atoms with Gasteiger partial charge >= 0.3 is 5.63 Å². The van der Waals surface area contributed by atoms with Crippen molar-refractivity contribution in [1.82, 2.24) is 0 Å². The van der Waals surface area contributed by atoms with E-state index in [-0.39, 0.29) is 12.7 Å². The summed E-state index contributed by atoms with van der Waals surface area (Å²) < 4.78 is 22.6. The Hall–Kier alpha value is -2.35. The summed E-state index contributed by atoms with van der Waals surface area (Å²) in [4.78, 5) is 11.5. The van der Waals surface area contributed by atoms with Crippen molar-refractivity contribution in [3.8, 4) is 5.75 Å². The molecule has 1 aliphatic rings. The van der Waals surface area contributed by atoms with Crippen LogP contribution < -0.4 is 10.4 Å². The SMILES string of the molecule is CC(C)(O)[C@@H]1CC[C@](C)([C@@H](O)COc2c3ccoc3cc3oc(=O)ccc23)O1. The number of aliphatic hydroxyl groups is 2. The molecule has 7 heteroatoms. The second-order valence-electron chi connectivity index (χ2n) is 8.14. The number of fused-ring (bicyclic) bond motifs is 2. The molecule has 1 saturated heterocycles. The summed E-state index contributed by atoms with van der Waals surface area (Å²) in [5.74, 6) is 0.477. The highest BCUT2D eigenvalue weighted by Crippen LogP contribution is 2.39. The van der Waals surface area contributed by atoms with Crippen LogP contribution in [0.5, 0.6) is 5.75 Å². The Kier molecular flexibility index (Phi) is 4.49. The van der Waals surface area contributed by atoms with Crippen LogP contribution in [0.3, 0.4) is 0 Å². The topological polar surface area (TPSA) is 102 Å². The van der Waals surface area contributed by atoms with E-state index in [0.29, 0.717) is 35.1 Å². The number of furan rings is 1. The molecular weight excluding hydrogens is 364 g/mol. The summed E-state index contributed by atoms with van der Waals surface area (Å²) in [6.45, 7) is 5.20. The Balaban J connectivity index is 1.60. The Morgan fingerprint density at radius 2 is 2.04 bits per heavy atom. The van der Waals surface area contributed by atoms with Crippen LogP contribution >= 0.6 is 0 Å². The summed E-state index contributed by atoms with van der Waals surface area (Å²) in [5.41, 5.74) is -1.39. The first-order chi connectivity index (χ1) is 13.2. The lowest BCUT2D eigenvalue weighted by molar-refractivity contribution is -0.158. The standard InChI is InChI=1S/C21H24O7/c1-20(2,24)17-6-8-21(3,28-17)16(22)11-26-19-12-4-5-18(23)27-15(12)10-14-13(19)7-9-25-14/h4-5,7,9-10,16-17,22,24H,6,8,11H2,1-3H3/t16-,17-,21+/m0/s1. The second-order valence-corrected chi connectivity index (χ2v) is 8.14. The van der Waals surface area contributed by atoms with Crippen LogP contribution in [0.4, 0.5) is 0 Å². The average Bonchev–Trinajstić information content (AvgIpc) is 3.25. The summed E-state index contributed by atoms with van der Waals surface area (Å²) in [6, 6.07) is 6.37. The third-order valence-corrected chi connectivity index (χ3v) is 5.50. The molecule has 3 atom stereocenters. The summed E-state index contributed by atoms with van der Waals surface area (Å²) >= 11 is 0. The third-order valence-electron chi connectivity index (χ3n) is 5.50. The highest BCUT2D eigenvalue weighted by molar-refractivity contribution is 6.01. The van der Waals surface area contributed by atoms with Crippen molar-refractivity contribution in [3.63, 3.8) is 0 Å². The lowest BCUT2D eigenvalue weighted by atomic mass is 9.93. The number of benzene rings is 1. The summed E-state index contributed by atoms with van der Waals surface area (Å²) in [6.07, 6.45) is 1.54. The Labute approximate surface area is 161 Å². The Morgan fingerprint density at radius 3 is 2.75 bits per heavy atom. The molecule has 1 fully saturated rings. The molecule has 0 spiro atoms. The lowest BCUT2D eigenvalue weighted by Crippen LogP contribution is -2.46. The van der Waals surface area contributed by atoms with Crippen LogP contribution in [-0.4, -0.2) is 40.2 Å². The normalized spacial score (nSPS) is 24.1. The van der Waals surface area contributed by atoms with Gasteiger partial charge in [0.1, 0.15) is 29.6 Å². The maximum Gasteiger partial charge on any atom is 0.336 e. The van der Waals surface area contributed by atoms with Gasteiger partial charge in [-0.2, -0.15) is 0 Å². The van der Waals surface area contributed by atoms with E-state index in [1.807, 2.05) is 6.92 Å². The minimum Gasteiger partial charge on any atom is -0.489 e. The van der Waals surface area contributed by atoms with Gasteiger partial charge in [0, 0.05) is 12.1 Å². The van der Waals surface area contributed by atoms with Crippen molar-refractivity contribution < 1.29 is 28.5 Å². The minimum absolute atomic E-state index is 0.0202. The predicted octanol–water partition coefficient (Wildman–Crippen LogP) is 2.99. The monoisotopic (exact) mass is 388 g/mol. The highest BCUT2D eigenvalue weighted by Gasteiger charge is 2.46. The summed E-state index contributed by atoms with van der Waals surface area (Å²) in [7, 11) is 0. The largest absolute Gasteiger partial charge is 0.489 e. The lowest BCUT2D eigenvalue weighted by Gasteiger charge is -2.33. The smallest absolute Gasteiger partial charge is 0.336 e. The van der Waals surface area contributed by atoms with E-state index < -0.39 is 22.9 Å². The van der Waals surface area contributed by atoms with Crippen molar-refractivity contribution in [2.75, 3.05) is 6.61 Å². The average molecular weight is 388 g/mol. The third kappa shape index (κ3) is 3.30. The molecule has 0 bridgehead atoms. The fourth-order valence-corrected chi connectivity index (χ4v) is 3.71. The molecule has 1 aromatic carbocycles. The first kappa shape index (κ1) is 19.0. The van der Waals surface area contributed by atoms with Crippen molar-refractivity contribution >= 4 is 21.9 Å². The Bertz CT molecular complexity index is 1060. The van der Waals surface area contributed by atoms with Gasteiger partial charge in [0.2, 0.25) is 0 Å². The number of hydrogen-bond acceptors (Lipinski definition) is 7. The van der Waals surface area contributed by atoms with E-state index in [1.165, 1.54) is 12.3 Å². The number of hydrogen-bond donors (Lipinski definition) is 2. The van der Waals surface area contributed by atoms with Crippen molar-refractivity contribution in [2.45, 2.75) is 57.0 Å². The maximum atomic E-state index is 11.5. The first-order valence-electron chi connectivity index (χ1n) is 9.32. The molecule has 0 aliphatic carbocycles. The van der Waals surface area contributed by atoms with Crippen LogP contribution in [0.2, 0.25) is 0 Å². The number of ether oxygens (including phenoxy) is 2. The van der Waals surface area contributed by atoms with E-state index in [0.717, 1.165) is 5.39 Å². The number of rotatable bonds is 5. The van der Waals surface area contributed by atoms with Gasteiger partial charge in [-0.3, -0.25) is 0 Å². The molecule has 150 valence electrons. The molecule has 0 unspecified atom stereocenters. The zero-order chi connectivity index (χ0) is 20.1. The van der Waals surface area contributed by atoms with Gasteiger partial charge < -0.3 is 28.5 Å². The molecule has 0 radical (unpaired) electrons. The quantitative estimate of drug-likeness (QED) is 0.648.